The molecule has 0 aliphatic heterocycles. The topological polar surface area (TPSA) is 71.3 Å². The molecule has 0 spiro atoms. The summed E-state index contributed by atoms with van der Waals surface area (Å²) in [6, 6.07) is 1.65. The van der Waals surface area contributed by atoms with Gasteiger partial charge in [-0.05, 0) is 39.2 Å². The molecule has 2 N–H and O–H groups in total. The maximum Gasteiger partial charge on any atom is 0.273 e. The largest absolute Gasteiger partial charge is 0.466 e. The fraction of sp³-hybridized carbons (Fsp3) is 0.429. The van der Waals surface area contributed by atoms with Gasteiger partial charge in [-0.3, -0.25) is 20.4 Å². The predicted molar refractivity (Wildman–Crippen MR) is 70.3 cm³/mol. The van der Waals surface area contributed by atoms with Crippen LogP contribution in [-0.4, -0.2) is 11.8 Å². The van der Waals surface area contributed by atoms with E-state index in [0.29, 0.717) is 17.1 Å². The summed E-state index contributed by atoms with van der Waals surface area (Å²) >= 11 is 0. The Morgan fingerprint density at radius 1 is 1.26 bits per heavy atom. The van der Waals surface area contributed by atoms with Gasteiger partial charge >= 0.3 is 0 Å². The van der Waals surface area contributed by atoms with Gasteiger partial charge in [-0.1, -0.05) is 12.2 Å². The second kappa shape index (κ2) is 5.73. The highest BCUT2D eigenvalue weighted by molar-refractivity contribution is 5.96. The van der Waals surface area contributed by atoms with Crippen molar-refractivity contribution in [1.29, 1.82) is 0 Å². The minimum absolute atomic E-state index is 0.0579. The summed E-state index contributed by atoms with van der Waals surface area (Å²) in [5, 5.41) is 0. The van der Waals surface area contributed by atoms with Crippen molar-refractivity contribution in [2.75, 3.05) is 0 Å². The smallest absolute Gasteiger partial charge is 0.273 e. The lowest BCUT2D eigenvalue weighted by Crippen LogP contribution is -2.44. The van der Waals surface area contributed by atoms with Crippen molar-refractivity contribution >= 4 is 11.8 Å². The molecule has 0 fully saturated rings. The molecule has 102 valence electrons. The molecule has 0 radical (unpaired) electrons. The molecule has 1 aliphatic rings. The first-order chi connectivity index (χ1) is 9.08. The maximum absolute atomic E-state index is 11.9. The van der Waals surface area contributed by atoms with Crippen LogP contribution in [0.25, 0.3) is 0 Å². The average Bonchev–Trinajstić information content (AvgIpc) is 2.75. The zero-order chi connectivity index (χ0) is 13.8. The minimum atomic E-state index is -0.353. The highest BCUT2D eigenvalue weighted by atomic mass is 16.3. The Morgan fingerprint density at radius 2 is 2.05 bits per heavy atom. The summed E-state index contributed by atoms with van der Waals surface area (Å²) in [5.74, 6) is 0.665. The summed E-state index contributed by atoms with van der Waals surface area (Å²) < 4.78 is 5.28. The number of amides is 2. The molecule has 0 bridgehead atoms. The summed E-state index contributed by atoms with van der Waals surface area (Å²) in [6.45, 7) is 3.49. The molecule has 1 unspecified atom stereocenters. The second-order valence-electron chi connectivity index (χ2n) is 4.75. The second-order valence-corrected chi connectivity index (χ2v) is 4.75. The molecular formula is C14H18N2O3. The van der Waals surface area contributed by atoms with Gasteiger partial charge in [-0.2, -0.15) is 0 Å². The number of rotatable bonds is 2. The van der Waals surface area contributed by atoms with Crippen LogP contribution in [0.2, 0.25) is 0 Å². The van der Waals surface area contributed by atoms with Crippen molar-refractivity contribution in [3.8, 4) is 0 Å². The van der Waals surface area contributed by atoms with Crippen LogP contribution in [0.5, 0.6) is 0 Å². The monoisotopic (exact) mass is 262 g/mol. The van der Waals surface area contributed by atoms with Crippen LogP contribution in [0.4, 0.5) is 0 Å². The van der Waals surface area contributed by atoms with Gasteiger partial charge in [0, 0.05) is 5.92 Å². The van der Waals surface area contributed by atoms with E-state index in [0.717, 1.165) is 19.3 Å². The van der Waals surface area contributed by atoms with Crippen molar-refractivity contribution in [2.45, 2.75) is 33.1 Å². The zero-order valence-corrected chi connectivity index (χ0v) is 11.2. The maximum atomic E-state index is 11.9. The van der Waals surface area contributed by atoms with Crippen molar-refractivity contribution in [3.63, 3.8) is 0 Å². The van der Waals surface area contributed by atoms with E-state index in [4.69, 9.17) is 4.42 Å². The number of hydrogen-bond donors (Lipinski definition) is 2. The first kappa shape index (κ1) is 13.4. The molecule has 19 heavy (non-hydrogen) atoms. The molecule has 2 amide bonds. The van der Waals surface area contributed by atoms with Crippen molar-refractivity contribution < 1.29 is 14.0 Å². The molecule has 1 atom stereocenters. The Labute approximate surface area is 112 Å². The van der Waals surface area contributed by atoms with Gasteiger partial charge in [-0.25, -0.2) is 0 Å². The molecule has 1 aliphatic carbocycles. The number of carbonyl (C=O) groups is 2. The van der Waals surface area contributed by atoms with Crippen LogP contribution < -0.4 is 10.9 Å². The lowest BCUT2D eigenvalue weighted by molar-refractivity contribution is -0.126. The zero-order valence-electron chi connectivity index (χ0n) is 11.2. The van der Waals surface area contributed by atoms with Gasteiger partial charge < -0.3 is 4.42 Å². The third-order valence-electron chi connectivity index (χ3n) is 3.22. The Hall–Kier alpha value is -2.04. The number of allylic oxidation sites excluding steroid dienone is 2. The molecule has 1 heterocycles. The summed E-state index contributed by atoms with van der Waals surface area (Å²) in [6.07, 6.45) is 6.53. The standard InChI is InChI=1S/C14H18N2O3/c1-9-8-12(10(2)19-9)14(18)16-15-13(17)11-6-4-3-5-7-11/h3-4,8,11H,5-7H2,1-2H3,(H,15,17)(H,16,18). The van der Waals surface area contributed by atoms with E-state index in [9.17, 15) is 9.59 Å². The number of aryl methyl sites for hydroxylation is 2. The first-order valence-electron chi connectivity index (χ1n) is 6.40. The van der Waals surface area contributed by atoms with Crippen LogP contribution in [0.3, 0.4) is 0 Å². The molecule has 0 saturated heterocycles. The van der Waals surface area contributed by atoms with Gasteiger partial charge in [0.05, 0.1) is 5.56 Å². The van der Waals surface area contributed by atoms with Gasteiger partial charge in [-0.15, -0.1) is 0 Å². The number of hydrogen-bond acceptors (Lipinski definition) is 3. The van der Waals surface area contributed by atoms with Crippen LogP contribution in [-0.2, 0) is 4.79 Å². The van der Waals surface area contributed by atoms with Gasteiger partial charge in [0.2, 0.25) is 5.91 Å². The van der Waals surface area contributed by atoms with E-state index in [1.165, 1.54) is 0 Å². The van der Waals surface area contributed by atoms with E-state index >= 15 is 0 Å². The molecule has 0 saturated carbocycles. The predicted octanol–water partition coefficient (Wildman–Crippen LogP) is 2.01. The number of nitrogens with one attached hydrogen (secondary N) is 2. The number of furan rings is 1. The van der Waals surface area contributed by atoms with E-state index in [1.807, 2.05) is 6.08 Å². The summed E-state index contributed by atoms with van der Waals surface area (Å²) in [7, 11) is 0. The Kier molecular flexibility index (Phi) is 4.04. The van der Waals surface area contributed by atoms with Gasteiger partial charge in [0.15, 0.2) is 0 Å². The Bertz CT molecular complexity index is 517. The van der Waals surface area contributed by atoms with E-state index in [2.05, 4.69) is 16.9 Å². The van der Waals surface area contributed by atoms with E-state index in [-0.39, 0.29) is 17.7 Å². The fourth-order valence-corrected chi connectivity index (χ4v) is 2.18. The SMILES string of the molecule is Cc1cc(C(=O)NNC(=O)C2CC=CCC2)c(C)o1. The fourth-order valence-electron chi connectivity index (χ4n) is 2.18. The Morgan fingerprint density at radius 3 is 2.63 bits per heavy atom. The quantitative estimate of drug-likeness (QED) is 0.632. The molecule has 5 nitrogen and oxygen atoms in total. The van der Waals surface area contributed by atoms with E-state index < -0.39 is 0 Å². The van der Waals surface area contributed by atoms with Crippen LogP contribution in [0, 0.1) is 19.8 Å². The normalized spacial score (nSPS) is 18.1. The third kappa shape index (κ3) is 3.24. The summed E-state index contributed by atoms with van der Waals surface area (Å²) in [4.78, 5) is 23.7. The number of hydrazine groups is 1. The van der Waals surface area contributed by atoms with Crippen molar-refractivity contribution in [1.82, 2.24) is 10.9 Å². The first-order valence-corrected chi connectivity index (χ1v) is 6.40. The molecule has 1 aromatic rings. The molecule has 0 aromatic carbocycles. The molecule has 1 aromatic heterocycles. The number of carbonyl (C=O) groups excluding carboxylic acids is 2. The Balaban J connectivity index is 1.88. The van der Waals surface area contributed by atoms with E-state index in [1.54, 1.807) is 19.9 Å². The average molecular weight is 262 g/mol. The lowest BCUT2D eigenvalue weighted by atomic mass is 9.94. The van der Waals surface area contributed by atoms with Crippen LogP contribution >= 0.6 is 0 Å². The molecule has 2 rings (SSSR count). The minimum Gasteiger partial charge on any atom is -0.466 e. The third-order valence-corrected chi connectivity index (χ3v) is 3.22. The summed E-state index contributed by atoms with van der Waals surface area (Å²) in [5.41, 5.74) is 5.35. The van der Waals surface area contributed by atoms with Gasteiger partial charge in [0.25, 0.3) is 5.91 Å². The highest BCUT2D eigenvalue weighted by Crippen LogP contribution is 2.18. The van der Waals surface area contributed by atoms with Crippen molar-refractivity contribution in [2.24, 2.45) is 5.92 Å². The van der Waals surface area contributed by atoms with Crippen LogP contribution in [0.15, 0.2) is 22.6 Å². The van der Waals surface area contributed by atoms with Crippen molar-refractivity contribution in [3.05, 3.63) is 35.3 Å². The van der Waals surface area contributed by atoms with Crippen LogP contribution in [0.1, 0.15) is 41.1 Å². The molecular weight excluding hydrogens is 244 g/mol. The lowest BCUT2D eigenvalue weighted by Gasteiger charge is -2.17. The highest BCUT2D eigenvalue weighted by Gasteiger charge is 2.20. The van der Waals surface area contributed by atoms with Gasteiger partial charge in [0.1, 0.15) is 11.5 Å². The molecule has 5 heteroatoms.